The average molecular weight is 446 g/mol. The molecule has 1 aliphatic rings. The van der Waals surface area contributed by atoms with Crippen molar-refractivity contribution in [3.63, 3.8) is 0 Å². The molecule has 0 saturated heterocycles. The summed E-state index contributed by atoms with van der Waals surface area (Å²) in [6.07, 6.45) is 2.63. The minimum Gasteiger partial charge on any atom is -0.382 e. The fraction of sp³-hybridized carbons (Fsp3) is 0.208. The normalized spacial score (nSPS) is 14.3. The van der Waals surface area contributed by atoms with E-state index in [-0.39, 0.29) is 0 Å². The van der Waals surface area contributed by atoms with E-state index in [0.29, 0.717) is 29.4 Å². The predicted octanol–water partition coefficient (Wildman–Crippen LogP) is 2.95. The first-order valence-electron chi connectivity index (χ1n) is 10.6. The molecular formula is C24H25N6OS+. The zero-order valence-corrected chi connectivity index (χ0v) is 18.3. The van der Waals surface area contributed by atoms with E-state index in [1.807, 2.05) is 41.8 Å². The number of aliphatic hydroxyl groups excluding tert-OH is 1. The molecule has 0 amide bonds. The molecular weight excluding hydrogens is 420 g/mol. The molecule has 162 valence electrons. The molecule has 1 saturated carbocycles. The van der Waals surface area contributed by atoms with Crippen molar-refractivity contribution < 1.29 is 10.5 Å². The number of aliphatic hydroxyl groups is 1. The Labute approximate surface area is 189 Å². The van der Waals surface area contributed by atoms with Gasteiger partial charge in [0.25, 0.3) is 0 Å². The van der Waals surface area contributed by atoms with E-state index >= 15 is 0 Å². The molecule has 7 N–H and O–H groups in total. The van der Waals surface area contributed by atoms with E-state index in [4.69, 9.17) is 11.1 Å². The number of nitrogen functional groups attached to an aromatic ring is 1. The molecule has 1 atom stereocenters. The van der Waals surface area contributed by atoms with Gasteiger partial charge in [-0.25, -0.2) is 9.97 Å². The quantitative estimate of drug-likeness (QED) is 0.210. The van der Waals surface area contributed by atoms with E-state index < -0.39 is 6.23 Å². The molecule has 0 bridgehead atoms. The molecule has 0 radical (unpaired) electrons. The molecule has 7 nitrogen and oxygen atoms in total. The van der Waals surface area contributed by atoms with E-state index in [0.717, 1.165) is 40.2 Å². The van der Waals surface area contributed by atoms with Gasteiger partial charge in [-0.3, -0.25) is 5.41 Å². The van der Waals surface area contributed by atoms with E-state index in [2.05, 4.69) is 32.7 Å². The van der Waals surface area contributed by atoms with Crippen molar-refractivity contribution >= 4 is 44.5 Å². The summed E-state index contributed by atoms with van der Waals surface area (Å²) in [4.78, 5) is 8.35. The largest absolute Gasteiger partial charge is 0.382 e. The Balaban J connectivity index is 1.46. The number of aromatic nitrogens is 2. The zero-order valence-electron chi connectivity index (χ0n) is 17.5. The number of fused-ring (bicyclic) bond motifs is 1. The van der Waals surface area contributed by atoms with Crippen LogP contribution in [0.15, 0.2) is 60.2 Å². The van der Waals surface area contributed by atoms with Gasteiger partial charge in [-0.05, 0) is 30.5 Å². The highest BCUT2D eigenvalue weighted by atomic mass is 32.1. The highest BCUT2D eigenvalue weighted by Crippen LogP contribution is 2.38. The van der Waals surface area contributed by atoms with Crippen LogP contribution in [0, 0.1) is 5.92 Å². The highest BCUT2D eigenvalue weighted by molar-refractivity contribution is 7.17. The molecule has 1 aliphatic carbocycles. The highest BCUT2D eigenvalue weighted by Gasteiger charge is 2.35. The molecule has 0 aliphatic heterocycles. The van der Waals surface area contributed by atoms with E-state index in [1.165, 1.54) is 23.2 Å². The third-order valence-corrected chi connectivity index (χ3v) is 6.70. The van der Waals surface area contributed by atoms with E-state index in [9.17, 15) is 5.11 Å². The summed E-state index contributed by atoms with van der Waals surface area (Å²) in [6, 6.07) is 16.2. The van der Waals surface area contributed by atoms with Gasteiger partial charge in [0.1, 0.15) is 12.1 Å². The van der Waals surface area contributed by atoms with Crippen molar-refractivity contribution in [1.29, 1.82) is 0 Å². The number of hydrogen-bond donors (Lipinski definition) is 5. The minimum absolute atomic E-state index is 0.377. The molecule has 2 aromatic heterocycles. The topological polar surface area (TPSA) is 122 Å². The van der Waals surface area contributed by atoms with Crippen LogP contribution in [0.5, 0.6) is 0 Å². The van der Waals surface area contributed by atoms with Crippen LogP contribution < -0.4 is 21.8 Å². The molecule has 2 heterocycles. The van der Waals surface area contributed by atoms with Gasteiger partial charge in [-0.1, -0.05) is 36.4 Å². The molecule has 32 heavy (non-hydrogen) atoms. The molecule has 1 unspecified atom stereocenters. The van der Waals surface area contributed by atoms with Gasteiger partial charge in [0.05, 0.1) is 27.2 Å². The molecule has 5 rings (SSSR count). The van der Waals surface area contributed by atoms with Crippen LogP contribution >= 0.6 is 11.3 Å². The van der Waals surface area contributed by atoms with Crippen molar-refractivity contribution in [2.75, 3.05) is 16.4 Å². The molecule has 4 aromatic rings. The minimum atomic E-state index is -0.965. The van der Waals surface area contributed by atoms with Crippen LogP contribution in [0.1, 0.15) is 35.8 Å². The first-order valence-corrected chi connectivity index (χ1v) is 11.5. The maximum atomic E-state index is 11.0. The average Bonchev–Trinajstić information content (AvgIpc) is 3.57. The van der Waals surface area contributed by atoms with Crippen LogP contribution in [0.2, 0.25) is 0 Å². The van der Waals surface area contributed by atoms with Crippen LogP contribution in [-0.4, -0.2) is 20.8 Å². The standard InChI is InChI=1S/C24H24N6OS/c25-20(15-9-10-15)19-17(27-11-14-5-2-1-3-6-14)7-4-8-18(19)30-24(31)16-12-32-22-21(16)28-13-29-23(22)26/h1-8,12-13,15,24-25,27,30-31H,9-11H2,(H2,26,28,29)/p+1. The van der Waals surface area contributed by atoms with Crippen LogP contribution in [-0.2, 0) is 6.54 Å². The Morgan fingerprint density at radius 3 is 2.69 bits per heavy atom. The summed E-state index contributed by atoms with van der Waals surface area (Å²) in [5, 5.41) is 26.3. The van der Waals surface area contributed by atoms with Gasteiger partial charge < -0.3 is 21.5 Å². The number of thiophene rings is 1. The fourth-order valence-corrected chi connectivity index (χ4v) is 4.77. The van der Waals surface area contributed by atoms with Crippen molar-refractivity contribution in [3.05, 3.63) is 76.9 Å². The van der Waals surface area contributed by atoms with Crippen molar-refractivity contribution in [2.45, 2.75) is 25.6 Å². The molecule has 8 heteroatoms. The number of anilines is 3. The summed E-state index contributed by atoms with van der Waals surface area (Å²) >= 11 is 1.42. The number of nitrogens with two attached hydrogens (primary N) is 2. The van der Waals surface area contributed by atoms with Gasteiger partial charge in [-0.2, -0.15) is 0 Å². The lowest BCUT2D eigenvalue weighted by atomic mass is 10.0. The van der Waals surface area contributed by atoms with Crippen molar-refractivity contribution in [3.8, 4) is 0 Å². The second-order valence-electron chi connectivity index (χ2n) is 7.97. The predicted molar refractivity (Wildman–Crippen MR) is 129 cm³/mol. The summed E-state index contributed by atoms with van der Waals surface area (Å²) in [5.74, 6) is 0.791. The number of rotatable bonds is 8. The third-order valence-electron chi connectivity index (χ3n) is 5.69. The van der Waals surface area contributed by atoms with Crippen molar-refractivity contribution in [2.24, 2.45) is 5.92 Å². The number of hydrogen-bond acceptors (Lipinski definition) is 7. The van der Waals surface area contributed by atoms with Crippen LogP contribution in [0.25, 0.3) is 10.2 Å². The van der Waals surface area contributed by atoms with Gasteiger partial charge >= 0.3 is 0 Å². The fourth-order valence-electron chi connectivity index (χ4n) is 3.83. The first kappa shape index (κ1) is 20.4. The Bertz CT molecular complexity index is 1270. The maximum absolute atomic E-state index is 11.0. The monoisotopic (exact) mass is 445 g/mol. The lowest BCUT2D eigenvalue weighted by Crippen LogP contribution is -2.42. The molecule has 1 fully saturated rings. The SMILES string of the molecule is Nc1ncnc2c(C(O)Nc3cccc(NCc4ccccc4)c3C(=[NH2+])C3CC3)csc12. The summed E-state index contributed by atoms with van der Waals surface area (Å²) < 4.78 is 0.769. The van der Waals surface area contributed by atoms with Gasteiger partial charge in [0.15, 0.2) is 11.9 Å². The van der Waals surface area contributed by atoms with Gasteiger partial charge in [-0.15, -0.1) is 11.3 Å². The Morgan fingerprint density at radius 2 is 1.91 bits per heavy atom. The van der Waals surface area contributed by atoms with Gasteiger partial charge in [0, 0.05) is 23.4 Å². The lowest BCUT2D eigenvalue weighted by molar-refractivity contribution is -0.116. The second-order valence-corrected chi connectivity index (χ2v) is 8.85. The number of nitrogens with zero attached hydrogens (tertiary/aromatic N) is 2. The summed E-state index contributed by atoms with van der Waals surface area (Å²) in [6.45, 7) is 0.684. The number of benzene rings is 2. The molecule has 2 aromatic carbocycles. The Hall–Kier alpha value is -3.49. The first-order chi connectivity index (χ1) is 15.6. The second kappa shape index (κ2) is 8.57. The van der Waals surface area contributed by atoms with E-state index in [1.54, 1.807) is 0 Å². The molecule has 0 spiro atoms. The Morgan fingerprint density at radius 1 is 1.12 bits per heavy atom. The van der Waals surface area contributed by atoms with Gasteiger partial charge in [0.2, 0.25) is 0 Å². The maximum Gasteiger partial charge on any atom is 0.187 e. The van der Waals surface area contributed by atoms with Crippen LogP contribution in [0.3, 0.4) is 0 Å². The third kappa shape index (κ3) is 4.02. The van der Waals surface area contributed by atoms with Crippen molar-refractivity contribution in [1.82, 2.24) is 9.97 Å². The lowest BCUT2D eigenvalue weighted by Gasteiger charge is -2.19. The Kier molecular flexibility index (Phi) is 5.46. The number of nitrogens with one attached hydrogen (secondary N) is 2. The zero-order chi connectivity index (χ0) is 22.1. The van der Waals surface area contributed by atoms with Crippen LogP contribution in [0.4, 0.5) is 17.2 Å². The summed E-state index contributed by atoms with van der Waals surface area (Å²) in [7, 11) is 0. The summed E-state index contributed by atoms with van der Waals surface area (Å²) in [5.41, 5.74) is 11.9. The smallest absolute Gasteiger partial charge is 0.187 e.